The van der Waals surface area contributed by atoms with Crippen molar-refractivity contribution in [2.75, 3.05) is 13.7 Å². The van der Waals surface area contributed by atoms with E-state index in [0.29, 0.717) is 17.9 Å². The second-order valence-electron chi connectivity index (χ2n) is 7.30. The van der Waals surface area contributed by atoms with Crippen LogP contribution in [0.2, 0.25) is 0 Å². The maximum atomic E-state index is 13.0. The highest BCUT2D eigenvalue weighted by atomic mass is 16.5. The van der Waals surface area contributed by atoms with E-state index in [2.05, 4.69) is 5.32 Å². The number of carbonyl (C=O) groups is 2. The molecule has 0 saturated heterocycles. The van der Waals surface area contributed by atoms with Crippen LogP contribution in [0.25, 0.3) is 10.9 Å². The Morgan fingerprint density at radius 1 is 1.03 bits per heavy atom. The molecule has 6 heteroatoms. The van der Waals surface area contributed by atoms with Gasteiger partial charge >= 0.3 is 5.97 Å². The second kappa shape index (κ2) is 8.95. The maximum Gasteiger partial charge on any atom is 0.339 e. The summed E-state index contributed by atoms with van der Waals surface area (Å²) in [5.41, 5.74) is 4.11. The van der Waals surface area contributed by atoms with Crippen LogP contribution >= 0.6 is 0 Å². The molecule has 0 radical (unpaired) electrons. The third-order valence-corrected chi connectivity index (χ3v) is 5.38. The van der Waals surface area contributed by atoms with Gasteiger partial charge in [0, 0.05) is 23.2 Å². The molecule has 0 atom stereocenters. The Labute approximate surface area is 175 Å². The number of rotatable bonds is 6. The van der Waals surface area contributed by atoms with E-state index in [1.54, 1.807) is 7.11 Å². The van der Waals surface area contributed by atoms with Gasteiger partial charge in [0.15, 0.2) is 6.61 Å². The van der Waals surface area contributed by atoms with Crippen molar-refractivity contribution in [3.63, 3.8) is 0 Å². The molecule has 0 aliphatic heterocycles. The molecule has 1 N–H and O–H groups in total. The Morgan fingerprint density at radius 2 is 1.80 bits per heavy atom. The molecule has 30 heavy (non-hydrogen) atoms. The molecule has 1 aromatic heterocycles. The lowest BCUT2D eigenvalue weighted by atomic mass is 9.90. The molecule has 0 fully saturated rings. The molecule has 0 saturated carbocycles. The van der Waals surface area contributed by atoms with E-state index in [1.807, 2.05) is 48.5 Å². The highest BCUT2D eigenvalue weighted by Crippen LogP contribution is 2.29. The normalized spacial score (nSPS) is 12.8. The molecule has 0 spiro atoms. The molecule has 1 aliphatic carbocycles. The number of pyridine rings is 1. The minimum atomic E-state index is -0.473. The van der Waals surface area contributed by atoms with Crippen LogP contribution in [0.15, 0.2) is 48.5 Å². The predicted octanol–water partition coefficient (Wildman–Crippen LogP) is 3.60. The number of nitrogens with one attached hydrogen (secondary N) is 1. The van der Waals surface area contributed by atoms with E-state index in [9.17, 15) is 9.59 Å². The Morgan fingerprint density at radius 3 is 2.67 bits per heavy atom. The number of para-hydroxylation sites is 2. The molecule has 2 aromatic carbocycles. The molecule has 6 nitrogen and oxygen atoms in total. The van der Waals surface area contributed by atoms with Crippen molar-refractivity contribution in [3.8, 4) is 5.75 Å². The number of methoxy groups -OCH3 is 1. The summed E-state index contributed by atoms with van der Waals surface area (Å²) in [6, 6.07) is 15.0. The van der Waals surface area contributed by atoms with E-state index in [0.717, 1.165) is 53.4 Å². The van der Waals surface area contributed by atoms with E-state index < -0.39 is 5.97 Å². The zero-order valence-electron chi connectivity index (χ0n) is 16.9. The Bertz CT molecular complexity index is 1090. The first kappa shape index (κ1) is 19.9. The lowest BCUT2D eigenvalue weighted by molar-refractivity contribution is -0.124. The van der Waals surface area contributed by atoms with Crippen LogP contribution < -0.4 is 10.1 Å². The number of ether oxygens (including phenoxy) is 2. The van der Waals surface area contributed by atoms with Gasteiger partial charge in [-0.25, -0.2) is 4.79 Å². The average molecular weight is 404 g/mol. The van der Waals surface area contributed by atoms with Crippen LogP contribution in [0.1, 0.15) is 40.0 Å². The van der Waals surface area contributed by atoms with Gasteiger partial charge in [-0.3, -0.25) is 9.78 Å². The quantitative estimate of drug-likeness (QED) is 0.635. The zero-order chi connectivity index (χ0) is 20.9. The largest absolute Gasteiger partial charge is 0.496 e. The number of nitrogens with zero attached hydrogens (tertiary/aromatic N) is 1. The first-order valence-corrected chi connectivity index (χ1v) is 10.1. The SMILES string of the molecule is COc1ccccc1CNC(=O)COC(=O)c1c2c(nc3ccccc13)CCCC2. The van der Waals surface area contributed by atoms with Crippen LogP contribution in [-0.4, -0.2) is 30.6 Å². The Hall–Kier alpha value is -3.41. The summed E-state index contributed by atoms with van der Waals surface area (Å²) < 4.78 is 10.7. The summed E-state index contributed by atoms with van der Waals surface area (Å²) in [4.78, 5) is 30.0. The molecule has 1 aliphatic rings. The van der Waals surface area contributed by atoms with Crippen molar-refractivity contribution in [1.29, 1.82) is 0 Å². The minimum Gasteiger partial charge on any atom is -0.496 e. The van der Waals surface area contributed by atoms with Gasteiger partial charge in [0.1, 0.15) is 5.75 Å². The fourth-order valence-corrected chi connectivity index (χ4v) is 3.90. The lowest BCUT2D eigenvalue weighted by Gasteiger charge is -2.20. The van der Waals surface area contributed by atoms with Gasteiger partial charge in [0.2, 0.25) is 0 Å². The van der Waals surface area contributed by atoms with Gasteiger partial charge in [-0.1, -0.05) is 36.4 Å². The van der Waals surface area contributed by atoms with Crippen LogP contribution in [-0.2, 0) is 28.9 Å². The average Bonchev–Trinajstić information content (AvgIpc) is 2.79. The fourth-order valence-electron chi connectivity index (χ4n) is 3.90. The van der Waals surface area contributed by atoms with Crippen molar-refractivity contribution in [2.45, 2.75) is 32.2 Å². The first-order valence-electron chi connectivity index (χ1n) is 10.1. The van der Waals surface area contributed by atoms with Gasteiger partial charge in [0.05, 0.1) is 18.2 Å². The van der Waals surface area contributed by atoms with Crippen molar-refractivity contribution in [2.24, 2.45) is 0 Å². The topological polar surface area (TPSA) is 77.5 Å². The maximum absolute atomic E-state index is 13.0. The highest BCUT2D eigenvalue weighted by molar-refractivity contribution is 6.05. The fraction of sp³-hybridized carbons (Fsp3) is 0.292. The van der Waals surface area contributed by atoms with Gasteiger partial charge in [-0.2, -0.15) is 0 Å². The summed E-state index contributed by atoms with van der Waals surface area (Å²) in [6.45, 7) is -0.0343. The minimum absolute atomic E-state index is 0.300. The first-order chi connectivity index (χ1) is 14.7. The van der Waals surface area contributed by atoms with E-state index in [-0.39, 0.29) is 12.5 Å². The van der Waals surface area contributed by atoms with E-state index in [4.69, 9.17) is 14.5 Å². The van der Waals surface area contributed by atoms with E-state index in [1.165, 1.54) is 0 Å². The third kappa shape index (κ3) is 4.13. The van der Waals surface area contributed by atoms with Crippen molar-refractivity contribution in [1.82, 2.24) is 10.3 Å². The zero-order valence-corrected chi connectivity index (χ0v) is 16.9. The van der Waals surface area contributed by atoms with Crippen LogP contribution in [0.3, 0.4) is 0 Å². The van der Waals surface area contributed by atoms with Crippen LogP contribution in [0, 0.1) is 0 Å². The molecule has 0 unspecified atom stereocenters. The molecule has 3 aromatic rings. The monoisotopic (exact) mass is 404 g/mol. The third-order valence-electron chi connectivity index (χ3n) is 5.38. The number of hydrogen-bond donors (Lipinski definition) is 1. The number of fused-ring (bicyclic) bond motifs is 2. The van der Waals surface area contributed by atoms with Crippen molar-refractivity contribution < 1.29 is 19.1 Å². The van der Waals surface area contributed by atoms with Crippen LogP contribution in [0.4, 0.5) is 0 Å². The van der Waals surface area contributed by atoms with E-state index >= 15 is 0 Å². The predicted molar refractivity (Wildman–Crippen MR) is 114 cm³/mol. The highest BCUT2D eigenvalue weighted by Gasteiger charge is 2.24. The molecule has 154 valence electrons. The van der Waals surface area contributed by atoms with Gasteiger partial charge < -0.3 is 14.8 Å². The van der Waals surface area contributed by atoms with Gasteiger partial charge in [0.25, 0.3) is 5.91 Å². The Kier molecular flexibility index (Phi) is 5.93. The molecular weight excluding hydrogens is 380 g/mol. The number of hydrogen-bond acceptors (Lipinski definition) is 5. The summed E-state index contributed by atoms with van der Waals surface area (Å²) >= 11 is 0. The molecular formula is C24H24N2O4. The standard InChI is InChI=1S/C24H24N2O4/c1-29-21-13-7-2-8-16(21)14-25-22(27)15-30-24(28)23-17-9-3-5-11-19(17)26-20-12-6-4-10-18(20)23/h2-3,5,7-9,11,13H,4,6,10,12,14-15H2,1H3,(H,25,27). The number of aromatic nitrogens is 1. The lowest BCUT2D eigenvalue weighted by Crippen LogP contribution is -2.29. The second-order valence-corrected chi connectivity index (χ2v) is 7.30. The molecule has 1 amide bonds. The number of esters is 1. The summed E-state index contributed by atoms with van der Waals surface area (Å²) in [5.74, 6) is -0.134. The summed E-state index contributed by atoms with van der Waals surface area (Å²) in [5, 5.41) is 3.55. The number of aryl methyl sites for hydroxylation is 1. The summed E-state index contributed by atoms with van der Waals surface area (Å²) in [7, 11) is 1.59. The molecule has 0 bridgehead atoms. The van der Waals surface area contributed by atoms with Crippen LogP contribution in [0.5, 0.6) is 5.75 Å². The molecule has 4 rings (SSSR count). The number of benzene rings is 2. The summed E-state index contributed by atoms with van der Waals surface area (Å²) in [6.07, 6.45) is 3.75. The van der Waals surface area contributed by atoms with Gasteiger partial charge in [-0.15, -0.1) is 0 Å². The number of amides is 1. The van der Waals surface area contributed by atoms with Crippen molar-refractivity contribution >= 4 is 22.8 Å². The smallest absolute Gasteiger partial charge is 0.339 e. The van der Waals surface area contributed by atoms with Gasteiger partial charge in [-0.05, 0) is 43.4 Å². The Balaban J connectivity index is 1.46. The van der Waals surface area contributed by atoms with Crippen molar-refractivity contribution in [3.05, 3.63) is 70.9 Å². The number of carbonyl (C=O) groups excluding carboxylic acids is 2. The molecule has 1 heterocycles.